The molecule has 3 amide bonds. The molecule has 2 aliphatic rings. The zero-order chi connectivity index (χ0) is 22.8. The number of methoxy groups -OCH3 is 1. The summed E-state index contributed by atoms with van der Waals surface area (Å²) in [5.41, 5.74) is 2.03. The number of fused-ring (bicyclic) bond motifs is 1. The normalized spacial score (nSPS) is 19.0. The van der Waals surface area contributed by atoms with Crippen molar-refractivity contribution in [1.82, 2.24) is 14.7 Å². The van der Waals surface area contributed by atoms with Crippen LogP contribution >= 0.6 is 0 Å². The third-order valence-electron chi connectivity index (χ3n) is 6.12. The van der Waals surface area contributed by atoms with E-state index in [1.807, 2.05) is 13.0 Å². The fraction of sp³-hybridized carbons (Fsp3) is 0.375. The number of rotatable bonds is 4. The van der Waals surface area contributed by atoms with E-state index in [9.17, 15) is 18.8 Å². The van der Waals surface area contributed by atoms with Crippen molar-refractivity contribution >= 4 is 17.7 Å². The van der Waals surface area contributed by atoms with Crippen LogP contribution in [0, 0.1) is 12.7 Å². The van der Waals surface area contributed by atoms with Crippen molar-refractivity contribution < 1.29 is 23.5 Å². The molecule has 0 radical (unpaired) electrons. The predicted molar refractivity (Wildman–Crippen MR) is 116 cm³/mol. The van der Waals surface area contributed by atoms with E-state index in [0.29, 0.717) is 42.9 Å². The van der Waals surface area contributed by atoms with E-state index in [2.05, 4.69) is 0 Å². The maximum atomic E-state index is 13.5. The zero-order valence-electron chi connectivity index (χ0n) is 18.2. The van der Waals surface area contributed by atoms with E-state index in [1.165, 1.54) is 17.0 Å². The summed E-state index contributed by atoms with van der Waals surface area (Å²) in [5.74, 6) is -0.134. The number of halogens is 1. The quantitative estimate of drug-likeness (QED) is 0.733. The minimum atomic E-state index is -0.612. The van der Waals surface area contributed by atoms with E-state index in [1.54, 1.807) is 41.2 Å². The van der Waals surface area contributed by atoms with Crippen LogP contribution in [-0.4, -0.2) is 71.8 Å². The molecular weight excluding hydrogens is 413 g/mol. The lowest BCUT2D eigenvalue weighted by Gasteiger charge is -2.39. The topological polar surface area (TPSA) is 70.2 Å². The maximum absolute atomic E-state index is 13.5. The van der Waals surface area contributed by atoms with Crippen molar-refractivity contribution in [2.24, 2.45) is 0 Å². The third-order valence-corrected chi connectivity index (χ3v) is 6.12. The van der Waals surface area contributed by atoms with Crippen LogP contribution in [0.2, 0.25) is 0 Å². The van der Waals surface area contributed by atoms with Crippen LogP contribution in [0.5, 0.6) is 5.75 Å². The molecule has 0 aromatic heterocycles. The number of ether oxygens (including phenoxy) is 1. The molecule has 0 spiro atoms. The number of benzene rings is 2. The van der Waals surface area contributed by atoms with Crippen LogP contribution in [0.3, 0.4) is 0 Å². The molecule has 2 aliphatic heterocycles. The summed E-state index contributed by atoms with van der Waals surface area (Å²) in [4.78, 5) is 43.8. The molecule has 0 saturated carbocycles. The summed E-state index contributed by atoms with van der Waals surface area (Å²) < 4.78 is 18.7. The van der Waals surface area contributed by atoms with Crippen molar-refractivity contribution in [2.45, 2.75) is 25.9 Å². The number of aryl methyl sites for hydroxylation is 1. The Morgan fingerprint density at radius 3 is 2.66 bits per heavy atom. The third kappa shape index (κ3) is 4.30. The molecule has 2 aromatic rings. The van der Waals surface area contributed by atoms with Gasteiger partial charge in [-0.3, -0.25) is 14.4 Å². The molecular formula is C24H26FN3O4. The highest BCUT2D eigenvalue weighted by Gasteiger charge is 2.41. The van der Waals surface area contributed by atoms with Gasteiger partial charge in [0, 0.05) is 31.7 Å². The summed E-state index contributed by atoms with van der Waals surface area (Å²) in [6, 6.07) is 10.7. The predicted octanol–water partition coefficient (Wildman–Crippen LogP) is 2.23. The second-order valence-electron chi connectivity index (χ2n) is 8.19. The molecule has 2 fully saturated rings. The van der Waals surface area contributed by atoms with Gasteiger partial charge >= 0.3 is 0 Å². The van der Waals surface area contributed by atoms with Gasteiger partial charge in [0.1, 0.15) is 24.2 Å². The average molecular weight is 439 g/mol. The summed E-state index contributed by atoms with van der Waals surface area (Å²) in [6.45, 7) is 3.04. The summed E-state index contributed by atoms with van der Waals surface area (Å²) in [6.07, 6.45) is 0.366. The minimum Gasteiger partial charge on any atom is -0.497 e. The highest BCUT2D eigenvalue weighted by molar-refractivity contribution is 5.97. The van der Waals surface area contributed by atoms with Gasteiger partial charge in [0.15, 0.2) is 0 Å². The summed E-state index contributed by atoms with van der Waals surface area (Å²) in [5, 5.41) is 0. The Balaban J connectivity index is 1.48. The Kier molecular flexibility index (Phi) is 6.12. The number of amides is 3. The van der Waals surface area contributed by atoms with Gasteiger partial charge in [0.25, 0.3) is 5.91 Å². The van der Waals surface area contributed by atoms with Gasteiger partial charge in [-0.2, -0.15) is 0 Å². The molecule has 7 nitrogen and oxygen atoms in total. The molecule has 0 N–H and O–H groups in total. The molecule has 0 bridgehead atoms. The highest BCUT2D eigenvalue weighted by atomic mass is 19.1. The number of carbonyl (C=O) groups is 3. The first-order valence-electron chi connectivity index (χ1n) is 10.6. The number of hydrogen-bond donors (Lipinski definition) is 0. The standard InChI is InChI=1S/C24H26FN3O4/c1-16-12-19(32-2)6-7-20(16)23(30)26-9-8-21-24(31)27(15-22(29)28(21)11-10-26)14-17-4-3-5-18(25)13-17/h3-7,12-13,21H,8-11,14-15H2,1-2H3. The molecule has 168 valence electrons. The van der Waals surface area contributed by atoms with Gasteiger partial charge in [-0.25, -0.2) is 4.39 Å². The van der Waals surface area contributed by atoms with Crippen molar-refractivity contribution in [1.29, 1.82) is 0 Å². The largest absolute Gasteiger partial charge is 0.497 e. The van der Waals surface area contributed by atoms with E-state index in [-0.39, 0.29) is 36.6 Å². The SMILES string of the molecule is COc1ccc(C(=O)N2CCC3C(=O)N(Cc4cccc(F)c4)CC(=O)N3CC2)c(C)c1. The second kappa shape index (κ2) is 8.98. The molecule has 32 heavy (non-hydrogen) atoms. The van der Waals surface area contributed by atoms with Crippen LogP contribution < -0.4 is 4.74 Å². The van der Waals surface area contributed by atoms with Crippen LogP contribution in [0.15, 0.2) is 42.5 Å². The number of carbonyl (C=O) groups excluding carboxylic acids is 3. The molecule has 8 heteroatoms. The van der Waals surface area contributed by atoms with E-state index >= 15 is 0 Å². The minimum absolute atomic E-state index is 0.0443. The van der Waals surface area contributed by atoms with E-state index in [0.717, 1.165) is 5.56 Å². The van der Waals surface area contributed by atoms with Gasteiger partial charge in [0.05, 0.1) is 7.11 Å². The number of piperazine rings is 1. The van der Waals surface area contributed by atoms with E-state index in [4.69, 9.17) is 4.74 Å². The Morgan fingerprint density at radius 2 is 1.94 bits per heavy atom. The lowest BCUT2D eigenvalue weighted by molar-refractivity contribution is -0.156. The Hall–Kier alpha value is -3.42. The summed E-state index contributed by atoms with van der Waals surface area (Å²) >= 11 is 0. The van der Waals surface area contributed by atoms with Crippen molar-refractivity contribution in [3.05, 3.63) is 65.0 Å². The first-order valence-corrected chi connectivity index (χ1v) is 10.6. The Morgan fingerprint density at radius 1 is 1.12 bits per heavy atom. The lowest BCUT2D eigenvalue weighted by Crippen LogP contribution is -2.59. The smallest absolute Gasteiger partial charge is 0.254 e. The van der Waals surface area contributed by atoms with Gasteiger partial charge < -0.3 is 19.4 Å². The first-order chi connectivity index (χ1) is 15.4. The van der Waals surface area contributed by atoms with Gasteiger partial charge in [-0.15, -0.1) is 0 Å². The van der Waals surface area contributed by atoms with Gasteiger partial charge in [-0.1, -0.05) is 12.1 Å². The number of nitrogens with zero attached hydrogens (tertiary/aromatic N) is 3. The molecule has 2 aromatic carbocycles. The molecule has 4 rings (SSSR count). The van der Waals surface area contributed by atoms with E-state index < -0.39 is 6.04 Å². The molecule has 1 unspecified atom stereocenters. The van der Waals surface area contributed by atoms with Crippen LogP contribution in [0.1, 0.15) is 27.9 Å². The number of hydrogen-bond acceptors (Lipinski definition) is 4. The van der Waals surface area contributed by atoms with Crippen molar-refractivity contribution in [2.75, 3.05) is 33.3 Å². The average Bonchev–Trinajstić information content (AvgIpc) is 3.00. The fourth-order valence-electron chi connectivity index (χ4n) is 4.39. The zero-order valence-corrected chi connectivity index (χ0v) is 18.2. The van der Waals surface area contributed by atoms with Gasteiger partial charge in [-0.05, 0) is 54.8 Å². The monoisotopic (exact) mass is 439 g/mol. The lowest BCUT2D eigenvalue weighted by atomic mass is 10.1. The molecule has 0 aliphatic carbocycles. The molecule has 2 saturated heterocycles. The Labute approximate surface area is 186 Å². The molecule has 2 heterocycles. The maximum Gasteiger partial charge on any atom is 0.254 e. The second-order valence-corrected chi connectivity index (χ2v) is 8.19. The van der Waals surface area contributed by atoms with Crippen LogP contribution in [0.4, 0.5) is 4.39 Å². The molecule has 1 atom stereocenters. The van der Waals surface area contributed by atoms with Gasteiger partial charge in [0.2, 0.25) is 11.8 Å². The fourth-order valence-corrected chi connectivity index (χ4v) is 4.39. The van der Waals surface area contributed by atoms with Crippen LogP contribution in [0.25, 0.3) is 0 Å². The Bertz CT molecular complexity index is 1060. The van der Waals surface area contributed by atoms with Crippen molar-refractivity contribution in [3.8, 4) is 5.75 Å². The van der Waals surface area contributed by atoms with Crippen molar-refractivity contribution in [3.63, 3.8) is 0 Å². The summed E-state index contributed by atoms with van der Waals surface area (Å²) in [7, 11) is 1.58. The highest BCUT2D eigenvalue weighted by Crippen LogP contribution is 2.23. The first kappa shape index (κ1) is 21.8. The van der Waals surface area contributed by atoms with Crippen LogP contribution in [-0.2, 0) is 16.1 Å².